The van der Waals surface area contributed by atoms with Gasteiger partial charge in [-0.3, -0.25) is 4.68 Å². The van der Waals surface area contributed by atoms with Crippen molar-refractivity contribution in [2.45, 2.75) is 45.9 Å². The molecular weight excluding hydrogens is 250 g/mol. The molecule has 106 valence electrons. The summed E-state index contributed by atoms with van der Waals surface area (Å²) in [7, 11) is 0. The SMILES string of the molecule is Cc1cnn(C[C@H](NC(=O)OC(C)(C)C)C(=O)O)c1. The molecule has 0 aromatic carbocycles. The molecule has 0 aliphatic heterocycles. The predicted molar refractivity (Wildman–Crippen MR) is 67.8 cm³/mol. The molecule has 0 saturated carbocycles. The lowest BCUT2D eigenvalue weighted by atomic mass is 10.2. The first kappa shape index (κ1) is 15.0. The van der Waals surface area contributed by atoms with Crippen LogP contribution in [-0.2, 0) is 16.1 Å². The summed E-state index contributed by atoms with van der Waals surface area (Å²) in [4.78, 5) is 22.6. The lowest BCUT2D eigenvalue weighted by Crippen LogP contribution is -2.45. The van der Waals surface area contributed by atoms with Crippen molar-refractivity contribution in [3.63, 3.8) is 0 Å². The average Bonchev–Trinajstić information content (AvgIpc) is 2.60. The minimum Gasteiger partial charge on any atom is -0.480 e. The standard InChI is InChI=1S/C12H19N3O4/c1-8-5-13-15(6-8)7-9(10(16)17)14-11(18)19-12(2,3)4/h5-6,9H,7H2,1-4H3,(H,14,18)(H,16,17)/t9-/m0/s1. The van der Waals surface area contributed by atoms with Gasteiger partial charge >= 0.3 is 12.1 Å². The van der Waals surface area contributed by atoms with Crippen molar-refractivity contribution in [3.05, 3.63) is 18.0 Å². The van der Waals surface area contributed by atoms with Crippen molar-refractivity contribution in [3.8, 4) is 0 Å². The lowest BCUT2D eigenvalue weighted by molar-refractivity contribution is -0.139. The highest BCUT2D eigenvalue weighted by molar-refractivity contribution is 5.79. The molecule has 1 rings (SSSR count). The Bertz CT molecular complexity index is 462. The Morgan fingerprint density at radius 2 is 2.16 bits per heavy atom. The number of carbonyl (C=O) groups is 2. The van der Waals surface area contributed by atoms with Crippen LogP contribution in [0.15, 0.2) is 12.4 Å². The molecule has 7 nitrogen and oxygen atoms in total. The fourth-order valence-electron chi connectivity index (χ4n) is 1.39. The molecular formula is C12H19N3O4. The fraction of sp³-hybridized carbons (Fsp3) is 0.583. The van der Waals surface area contributed by atoms with Crippen LogP contribution in [0.2, 0.25) is 0 Å². The van der Waals surface area contributed by atoms with Crippen LogP contribution in [0.1, 0.15) is 26.3 Å². The maximum Gasteiger partial charge on any atom is 0.408 e. The molecule has 0 radical (unpaired) electrons. The number of alkyl carbamates (subject to hydrolysis) is 1. The maximum atomic E-state index is 11.5. The highest BCUT2D eigenvalue weighted by atomic mass is 16.6. The number of amides is 1. The normalized spacial score (nSPS) is 12.8. The number of rotatable bonds is 4. The second-order valence-corrected chi connectivity index (χ2v) is 5.28. The van der Waals surface area contributed by atoms with Gasteiger partial charge in [0.1, 0.15) is 11.6 Å². The molecule has 1 atom stereocenters. The first-order chi connectivity index (χ1) is 8.67. The van der Waals surface area contributed by atoms with Crippen molar-refractivity contribution in [1.82, 2.24) is 15.1 Å². The van der Waals surface area contributed by atoms with E-state index in [-0.39, 0.29) is 6.54 Å². The highest BCUT2D eigenvalue weighted by Gasteiger charge is 2.24. The van der Waals surface area contributed by atoms with Crippen molar-refractivity contribution in [2.75, 3.05) is 0 Å². The van der Waals surface area contributed by atoms with E-state index >= 15 is 0 Å². The lowest BCUT2D eigenvalue weighted by Gasteiger charge is -2.21. The quantitative estimate of drug-likeness (QED) is 0.855. The number of hydrogen-bond donors (Lipinski definition) is 2. The smallest absolute Gasteiger partial charge is 0.408 e. The van der Waals surface area contributed by atoms with Gasteiger partial charge in [-0.2, -0.15) is 5.10 Å². The van der Waals surface area contributed by atoms with E-state index in [0.29, 0.717) is 0 Å². The van der Waals surface area contributed by atoms with Gasteiger partial charge in [-0.25, -0.2) is 9.59 Å². The number of aryl methyl sites for hydroxylation is 1. The van der Waals surface area contributed by atoms with Gasteiger partial charge in [0.2, 0.25) is 0 Å². The number of nitrogens with one attached hydrogen (secondary N) is 1. The average molecular weight is 269 g/mol. The van der Waals surface area contributed by atoms with Crippen LogP contribution < -0.4 is 5.32 Å². The molecule has 1 heterocycles. The summed E-state index contributed by atoms with van der Waals surface area (Å²) < 4.78 is 6.48. The van der Waals surface area contributed by atoms with Gasteiger partial charge in [-0.15, -0.1) is 0 Å². The van der Waals surface area contributed by atoms with Gasteiger partial charge in [0.15, 0.2) is 0 Å². The molecule has 0 saturated heterocycles. The van der Waals surface area contributed by atoms with Crippen molar-refractivity contribution >= 4 is 12.1 Å². The van der Waals surface area contributed by atoms with Gasteiger partial charge in [0.05, 0.1) is 12.7 Å². The summed E-state index contributed by atoms with van der Waals surface area (Å²) in [6.07, 6.45) is 2.56. The third-order valence-electron chi connectivity index (χ3n) is 2.12. The third kappa shape index (κ3) is 5.41. The van der Waals surface area contributed by atoms with Crippen molar-refractivity contribution in [1.29, 1.82) is 0 Å². The number of hydrogen-bond acceptors (Lipinski definition) is 4. The van der Waals surface area contributed by atoms with Crippen LogP contribution in [0, 0.1) is 6.92 Å². The highest BCUT2D eigenvalue weighted by Crippen LogP contribution is 2.07. The molecule has 7 heteroatoms. The molecule has 2 N–H and O–H groups in total. The zero-order chi connectivity index (χ0) is 14.6. The number of carboxylic acid groups (broad SMARTS) is 1. The van der Waals surface area contributed by atoms with Crippen molar-refractivity contribution in [2.24, 2.45) is 0 Å². The van der Waals surface area contributed by atoms with E-state index in [0.717, 1.165) is 5.56 Å². The Morgan fingerprint density at radius 3 is 2.58 bits per heavy atom. The maximum absolute atomic E-state index is 11.5. The van der Waals surface area contributed by atoms with E-state index in [9.17, 15) is 9.59 Å². The van der Waals surface area contributed by atoms with Gasteiger partial charge in [-0.05, 0) is 33.3 Å². The van der Waals surface area contributed by atoms with Gasteiger partial charge in [0.25, 0.3) is 0 Å². The zero-order valence-electron chi connectivity index (χ0n) is 11.5. The van der Waals surface area contributed by atoms with Crippen LogP contribution in [0.25, 0.3) is 0 Å². The van der Waals surface area contributed by atoms with Gasteiger partial charge in [-0.1, -0.05) is 0 Å². The van der Waals surface area contributed by atoms with Crippen molar-refractivity contribution < 1.29 is 19.4 Å². The Balaban J connectivity index is 2.63. The predicted octanol–water partition coefficient (Wildman–Crippen LogP) is 1.17. The second-order valence-electron chi connectivity index (χ2n) is 5.28. The second kappa shape index (κ2) is 5.73. The fourth-order valence-corrected chi connectivity index (χ4v) is 1.39. The summed E-state index contributed by atoms with van der Waals surface area (Å²) in [5.74, 6) is -1.14. The number of aromatic nitrogens is 2. The summed E-state index contributed by atoms with van der Waals surface area (Å²) in [5.41, 5.74) is 0.247. The molecule has 1 amide bonds. The van der Waals surface area contributed by atoms with Crippen LogP contribution >= 0.6 is 0 Å². The third-order valence-corrected chi connectivity index (χ3v) is 2.12. The number of aliphatic carboxylic acids is 1. The molecule has 0 bridgehead atoms. The monoisotopic (exact) mass is 269 g/mol. The van der Waals surface area contributed by atoms with E-state index in [1.807, 2.05) is 6.92 Å². The van der Waals surface area contributed by atoms with Crippen LogP contribution in [0.5, 0.6) is 0 Å². The number of carbonyl (C=O) groups excluding carboxylic acids is 1. The van der Waals surface area contributed by atoms with E-state index in [1.165, 1.54) is 4.68 Å². The Labute approximate surface area is 111 Å². The van der Waals surface area contributed by atoms with E-state index in [1.54, 1.807) is 33.2 Å². The summed E-state index contributed by atoms with van der Waals surface area (Å²) in [6, 6.07) is -1.09. The molecule has 1 aromatic rings. The van der Waals surface area contributed by atoms with E-state index in [2.05, 4.69) is 10.4 Å². The summed E-state index contributed by atoms with van der Waals surface area (Å²) >= 11 is 0. The van der Waals surface area contributed by atoms with Gasteiger partial charge in [0, 0.05) is 6.20 Å². The minimum absolute atomic E-state index is 0.0441. The largest absolute Gasteiger partial charge is 0.480 e. The molecule has 0 aliphatic rings. The first-order valence-electron chi connectivity index (χ1n) is 5.89. The molecule has 0 unspecified atom stereocenters. The molecule has 0 aliphatic carbocycles. The van der Waals surface area contributed by atoms with E-state index < -0.39 is 23.7 Å². The number of carboxylic acids is 1. The number of ether oxygens (including phenoxy) is 1. The van der Waals surface area contributed by atoms with Gasteiger partial charge < -0.3 is 15.2 Å². The molecule has 0 spiro atoms. The summed E-state index contributed by atoms with van der Waals surface area (Å²) in [5, 5.41) is 15.4. The zero-order valence-corrected chi connectivity index (χ0v) is 11.5. The molecule has 0 fully saturated rings. The number of nitrogens with zero attached hydrogens (tertiary/aromatic N) is 2. The topological polar surface area (TPSA) is 93.5 Å². The minimum atomic E-state index is -1.14. The molecule has 19 heavy (non-hydrogen) atoms. The van der Waals surface area contributed by atoms with Crippen LogP contribution in [0.3, 0.4) is 0 Å². The summed E-state index contributed by atoms with van der Waals surface area (Å²) in [6.45, 7) is 7.01. The Hall–Kier alpha value is -2.05. The first-order valence-corrected chi connectivity index (χ1v) is 5.89. The molecule has 1 aromatic heterocycles. The van der Waals surface area contributed by atoms with Crippen LogP contribution in [0.4, 0.5) is 4.79 Å². The Morgan fingerprint density at radius 1 is 1.53 bits per heavy atom. The Kier molecular flexibility index (Phi) is 4.52. The van der Waals surface area contributed by atoms with Crippen LogP contribution in [-0.4, -0.2) is 38.6 Å². The van der Waals surface area contributed by atoms with E-state index in [4.69, 9.17) is 9.84 Å².